The predicted molar refractivity (Wildman–Crippen MR) is 85.4 cm³/mol. The second-order valence-electron chi connectivity index (χ2n) is 8.29. The summed E-state index contributed by atoms with van der Waals surface area (Å²) in [7, 11) is -3.53. The van der Waals surface area contributed by atoms with Gasteiger partial charge in [0.25, 0.3) is 0 Å². The van der Waals surface area contributed by atoms with Crippen LogP contribution in [-0.2, 0) is 19.1 Å². The summed E-state index contributed by atoms with van der Waals surface area (Å²) in [6, 6.07) is 0. The minimum atomic E-state index is -3.06. The Morgan fingerprint density at radius 1 is 1.05 bits per heavy atom. The molecule has 2 unspecified atom stereocenters. The van der Waals surface area contributed by atoms with Crippen LogP contribution in [0, 0.1) is 0 Å². The fourth-order valence-electron chi connectivity index (χ4n) is 4.07. The van der Waals surface area contributed by atoms with Gasteiger partial charge >= 0.3 is 7.12 Å². The van der Waals surface area contributed by atoms with Gasteiger partial charge in [-0.25, -0.2) is 8.42 Å². The summed E-state index contributed by atoms with van der Waals surface area (Å²) >= 11 is 0. The van der Waals surface area contributed by atoms with Gasteiger partial charge in [-0.2, -0.15) is 0 Å². The van der Waals surface area contributed by atoms with Gasteiger partial charge in [0.1, 0.15) is 0 Å². The fraction of sp³-hybridized carbons (Fsp3) is 1.00. The number of aliphatic hydroxyl groups is 1. The fourth-order valence-corrected chi connectivity index (χ4v) is 6.69. The molecule has 0 aliphatic carbocycles. The molecule has 2 atom stereocenters. The van der Waals surface area contributed by atoms with Crippen LogP contribution in [0.25, 0.3) is 0 Å². The Morgan fingerprint density at radius 2 is 1.50 bits per heavy atom. The molecular weight excluding hydrogens is 303 g/mol. The molecule has 0 saturated carbocycles. The minimum Gasteiger partial charge on any atom is -0.403 e. The van der Waals surface area contributed by atoms with Crippen molar-refractivity contribution in [3.05, 3.63) is 0 Å². The first kappa shape index (κ1) is 16.7. The quantitative estimate of drug-likeness (QED) is 0.784. The molecule has 1 N–H and O–H groups in total. The molecule has 22 heavy (non-hydrogen) atoms. The summed E-state index contributed by atoms with van der Waals surface area (Å²) in [5.74, 6) is 0. The van der Waals surface area contributed by atoms with Crippen molar-refractivity contribution in [2.45, 2.75) is 93.4 Å². The first-order valence-corrected chi connectivity index (χ1v) is 9.87. The summed E-state index contributed by atoms with van der Waals surface area (Å²) in [5, 5.41) is 10.2. The van der Waals surface area contributed by atoms with E-state index in [1.807, 2.05) is 27.7 Å². The van der Waals surface area contributed by atoms with Gasteiger partial charge in [-0.05, 0) is 53.4 Å². The number of rotatable bonds is 2. The van der Waals surface area contributed by atoms with Crippen molar-refractivity contribution in [1.82, 2.24) is 0 Å². The van der Waals surface area contributed by atoms with Crippen molar-refractivity contribution < 1.29 is 22.8 Å². The number of hydrogen-bond acceptors (Lipinski definition) is 5. The van der Waals surface area contributed by atoms with E-state index in [0.29, 0.717) is 32.0 Å². The molecule has 2 bridgehead atoms. The van der Waals surface area contributed by atoms with Gasteiger partial charge in [-0.1, -0.05) is 6.42 Å². The lowest BCUT2D eigenvalue weighted by Gasteiger charge is -2.44. The second-order valence-corrected chi connectivity index (χ2v) is 10.8. The Morgan fingerprint density at radius 3 is 1.95 bits per heavy atom. The predicted octanol–water partition coefficient (Wildman–Crippen LogP) is 1.94. The zero-order valence-electron chi connectivity index (χ0n) is 14.0. The molecule has 0 amide bonds. The molecule has 3 aliphatic heterocycles. The van der Waals surface area contributed by atoms with E-state index in [1.54, 1.807) is 0 Å². The molecule has 5 nitrogen and oxygen atoms in total. The lowest BCUT2D eigenvalue weighted by Crippen LogP contribution is -2.53. The van der Waals surface area contributed by atoms with Gasteiger partial charge in [0.05, 0.1) is 27.3 Å². The SMILES string of the molecule is CC1(C)OB(CC2(O)CC3CCCC(C2)S3(=O)=O)OC1(C)C. The van der Waals surface area contributed by atoms with Crippen LogP contribution >= 0.6 is 0 Å². The number of fused-ring (bicyclic) bond motifs is 2. The van der Waals surface area contributed by atoms with E-state index < -0.39 is 44.3 Å². The normalized spacial score (nSPS) is 42.3. The van der Waals surface area contributed by atoms with Crippen LogP contribution in [0.5, 0.6) is 0 Å². The van der Waals surface area contributed by atoms with Gasteiger partial charge in [0.15, 0.2) is 9.84 Å². The lowest BCUT2D eigenvalue weighted by atomic mass is 9.69. The van der Waals surface area contributed by atoms with E-state index in [1.165, 1.54) is 0 Å². The summed E-state index contributed by atoms with van der Waals surface area (Å²) in [6.45, 7) is 7.93. The Balaban J connectivity index is 1.74. The molecule has 0 aromatic heterocycles. The third kappa shape index (κ3) is 2.64. The topological polar surface area (TPSA) is 72.8 Å². The van der Waals surface area contributed by atoms with Gasteiger partial charge in [-0.15, -0.1) is 0 Å². The molecule has 3 saturated heterocycles. The molecule has 0 spiro atoms. The van der Waals surface area contributed by atoms with Crippen LogP contribution in [0.3, 0.4) is 0 Å². The van der Waals surface area contributed by atoms with Gasteiger partial charge in [-0.3, -0.25) is 0 Å². The molecule has 3 aliphatic rings. The monoisotopic (exact) mass is 330 g/mol. The molecule has 0 aromatic carbocycles. The van der Waals surface area contributed by atoms with E-state index in [2.05, 4.69) is 0 Å². The Kier molecular flexibility index (Phi) is 3.76. The molecule has 0 radical (unpaired) electrons. The standard InChI is InChI=1S/C15H27BO5S/c1-13(2)14(3,4)21-16(20-13)10-15(17)8-11-6-5-7-12(9-15)22(11,18)19/h11-12,17H,5-10H2,1-4H3. The summed E-state index contributed by atoms with van der Waals surface area (Å²) < 4.78 is 36.7. The smallest absolute Gasteiger partial charge is 0.403 e. The Labute approximate surface area is 133 Å². The Hall–Kier alpha value is -0.105. The van der Waals surface area contributed by atoms with Crippen LogP contribution < -0.4 is 0 Å². The van der Waals surface area contributed by atoms with Crippen LogP contribution in [0.4, 0.5) is 0 Å². The van der Waals surface area contributed by atoms with E-state index in [9.17, 15) is 13.5 Å². The summed E-state index contributed by atoms with van der Waals surface area (Å²) in [5.41, 5.74) is -1.85. The molecule has 7 heteroatoms. The summed E-state index contributed by atoms with van der Waals surface area (Å²) in [6.07, 6.45) is 3.27. The van der Waals surface area contributed by atoms with Gasteiger partial charge < -0.3 is 14.4 Å². The number of sulfone groups is 1. The molecule has 0 aromatic rings. The molecule has 3 rings (SSSR count). The zero-order valence-corrected chi connectivity index (χ0v) is 14.8. The van der Waals surface area contributed by atoms with Crippen molar-refractivity contribution in [3.63, 3.8) is 0 Å². The molecular formula is C15H27BO5S. The Bertz CT molecular complexity index is 520. The highest BCUT2D eigenvalue weighted by Gasteiger charge is 2.56. The van der Waals surface area contributed by atoms with Crippen molar-refractivity contribution in [3.8, 4) is 0 Å². The summed E-state index contributed by atoms with van der Waals surface area (Å²) in [4.78, 5) is 0. The van der Waals surface area contributed by atoms with Gasteiger partial charge in [0.2, 0.25) is 0 Å². The average molecular weight is 330 g/mol. The van der Waals surface area contributed by atoms with Crippen LogP contribution in [0.15, 0.2) is 0 Å². The largest absolute Gasteiger partial charge is 0.460 e. The van der Waals surface area contributed by atoms with E-state index >= 15 is 0 Å². The lowest BCUT2D eigenvalue weighted by molar-refractivity contribution is 0.00578. The van der Waals surface area contributed by atoms with Crippen molar-refractivity contribution in [2.24, 2.45) is 0 Å². The van der Waals surface area contributed by atoms with Crippen molar-refractivity contribution >= 4 is 17.0 Å². The average Bonchev–Trinajstić information content (AvgIpc) is 2.49. The van der Waals surface area contributed by atoms with Crippen LogP contribution in [-0.4, -0.2) is 47.9 Å². The van der Waals surface area contributed by atoms with E-state index in [-0.39, 0.29) is 0 Å². The highest BCUT2D eigenvalue weighted by Crippen LogP contribution is 2.46. The zero-order chi connectivity index (χ0) is 16.4. The maximum absolute atomic E-state index is 12.4. The highest BCUT2D eigenvalue weighted by atomic mass is 32.2. The number of hydrogen-bond donors (Lipinski definition) is 1. The maximum atomic E-state index is 12.4. The second kappa shape index (κ2) is 4.95. The first-order chi connectivity index (χ1) is 9.95. The third-order valence-electron chi connectivity index (χ3n) is 6.05. The van der Waals surface area contributed by atoms with E-state index in [0.717, 1.165) is 6.42 Å². The third-order valence-corrected chi connectivity index (χ3v) is 8.71. The van der Waals surface area contributed by atoms with Crippen LogP contribution in [0.1, 0.15) is 59.8 Å². The maximum Gasteiger partial charge on any atom is 0.460 e. The first-order valence-electron chi connectivity index (χ1n) is 8.26. The minimum absolute atomic E-state index is 0.315. The molecule has 3 fully saturated rings. The molecule has 3 heterocycles. The van der Waals surface area contributed by atoms with Crippen molar-refractivity contribution in [2.75, 3.05) is 0 Å². The van der Waals surface area contributed by atoms with E-state index in [4.69, 9.17) is 9.31 Å². The van der Waals surface area contributed by atoms with Crippen molar-refractivity contribution in [1.29, 1.82) is 0 Å². The van der Waals surface area contributed by atoms with Gasteiger partial charge in [0, 0.05) is 6.32 Å². The highest BCUT2D eigenvalue weighted by molar-refractivity contribution is 7.92. The molecule has 126 valence electrons. The van der Waals surface area contributed by atoms with Crippen LogP contribution in [0.2, 0.25) is 6.32 Å².